The Hall–Kier alpha value is -3.76. The molecule has 1 saturated heterocycles. The van der Waals surface area contributed by atoms with Crippen LogP contribution in [0.3, 0.4) is 0 Å². The van der Waals surface area contributed by atoms with Gasteiger partial charge in [0, 0.05) is 72.9 Å². The van der Waals surface area contributed by atoms with E-state index in [4.69, 9.17) is 21.1 Å². The van der Waals surface area contributed by atoms with E-state index in [1.807, 2.05) is 24.3 Å². The first-order chi connectivity index (χ1) is 18.7. The van der Waals surface area contributed by atoms with Crippen LogP contribution >= 0.6 is 11.6 Å². The molecule has 0 aliphatic carbocycles. The van der Waals surface area contributed by atoms with E-state index in [0.29, 0.717) is 28.5 Å². The monoisotopic (exact) mass is 554 g/mol. The molecule has 10 nitrogen and oxygen atoms in total. The summed E-state index contributed by atoms with van der Waals surface area (Å²) in [4.78, 5) is 46.1. The van der Waals surface area contributed by atoms with Crippen LogP contribution in [0, 0.1) is 16.0 Å². The zero-order valence-corrected chi connectivity index (χ0v) is 22.9. The smallest absolute Gasteiger partial charge is 0.336 e. The number of methoxy groups -OCH3 is 1. The van der Waals surface area contributed by atoms with E-state index in [2.05, 4.69) is 14.8 Å². The number of anilines is 1. The van der Waals surface area contributed by atoms with Crippen LogP contribution in [-0.4, -0.2) is 73.9 Å². The summed E-state index contributed by atoms with van der Waals surface area (Å²) in [6.07, 6.45) is 0. The number of nitro groups is 1. The third-order valence-electron chi connectivity index (χ3n) is 7.15. The van der Waals surface area contributed by atoms with Gasteiger partial charge in [0.2, 0.25) is 0 Å². The molecule has 2 aliphatic rings. The summed E-state index contributed by atoms with van der Waals surface area (Å²) in [6, 6.07) is 13.7. The SMILES string of the molecule is COC(=O)C1C(C)=NC(C)=C(C(=O)OCCN2CCN(c3ccc(Cl)cc3)CC2)C1c1cccc([N+](=O)[O-])c1. The summed E-state index contributed by atoms with van der Waals surface area (Å²) >= 11 is 5.99. The average Bonchev–Trinajstić information content (AvgIpc) is 2.93. The van der Waals surface area contributed by atoms with E-state index in [1.54, 1.807) is 19.9 Å². The van der Waals surface area contributed by atoms with Crippen LogP contribution in [0.1, 0.15) is 25.3 Å². The largest absolute Gasteiger partial charge is 0.468 e. The number of esters is 2. The van der Waals surface area contributed by atoms with Crippen molar-refractivity contribution in [3.05, 3.63) is 80.5 Å². The number of halogens is 1. The number of rotatable bonds is 8. The van der Waals surface area contributed by atoms with Crippen LogP contribution in [0.4, 0.5) is 11.4 Å². The minimum atomic E-state index is -0.913. The van der Waals surface area contributed by atoms with Crippen molar-refractivity contribution >= 4 is 40.6 Å². The van der Waals surface area contributed by atoms with Gasteiger partial charge in [-0.2, -0.15) is 0 Å². The maximum atomic E-state index is 13.4. The zero-order chi connectivity index (χ0) is 28.1. The number of piperazine rings is 1. The molecule has 0 bridgehead atoms. The highest BCUT2D eigenvalue weighted by atomic mass is 35.5. The molecule has 39 heavy (non-hydrogen) atoms. The maximum Gasteiger partial charge on any atom is 0.336 e. The number of carbonyl (C=O) groups is 2. The van der Waals surface area contributed by atoms with Gasteiger partial charge >= 0.3 is 11.9 Å². The van der Waals surface area contributed by atoms with Crippen molar-refractivity contribution in [1.29, 1.82) is 0 Å². The van der Waals surface area contributed by atoms with Crippen molar-refractivity contribution < 1.29 is 24.0 Å². The lowest BCUT2D eigenvalue weighted by Crippen LogP contribution is -2.47. The van der Waals surface area contributed by atoms with Gasteiger partial charge in [-0.05, 0) is 43.7 Å². The van der Waals surface area contributed by atoms with Crippen molar-refractivity contribution in [2.45, 2.75) is 19.8 Å². The van der Waals surface area contributed by atoms with Gasteiger partial charge in [-0.25, -0.2) is 4.79 Å². The highest BCUT2D eigenvalue weighted by Gasteiger charge is 2.42. The molecule has 1 fully saturated rings. The van der Waals surface area contributed by atoms with Crippen LogP contribution in [-0.2, 0) is 19.1 Å². The quantitative estimate of drug-likeness (QED) is 0.270. The molecular formula is C28H31ClN4O6. The fourth-order valence-corrected chi connectivity index (χ4v) is 5.28. The van der Waals surface area contributed by atoms with E-state index in [0.717, 1.165) is 31.9 Å². The molecule has 0 radical (unpaired) electrons. The lowest BCUT2D eigenvalue weighted by atomic mass is 9.75. The first-order valence-corrected chi connectivity index (χ1v) is 13.1. The van der Waals surface area contributed by atoms with Gasteiger partial charge in [-0.15, -0.1) is 0 Å². The lowest BCUT2D eigenvalue weighted by Gasteiger charge is -2.36. The molecule has 2 aromatic rings. The first kappa shape index (κ1) is 28.3. The van der Waals surface area contributed by atoms with E-state index >= 15 is 0 Å². The summed E-state index contributed by atoms with van der Waals surface area (Å²) in [5.41, 5.74) is 2.49. The molecule has 2 atom stereocenters. The molecule has 4 rings (SSSR count). The number of hydrogen-bond acceptors (Lipinski definition) is 9. The summed E-state index contributed by atoms with van der Waals surface area (Å²) in [6.45, 7) is 7.36. The predicted octanol–water partition coefficient (Wildman–Crippen LogP) is 4.23. The summed E-state index contributed by atoms with van der Waals surface area (Å²) in [5, 5.41) is 12.1. The number of ether oxygens (including phenoxy) is 2. The van der Waals surface area contributed by atoms with Crippen LogP contribution < -0.4 is 4.90 Å². The third-order valence-corrected chi connectivity index (χ3v) is 7.40. The van der Waals surface area contributed by atoms with Crippen LogP contribution in [0.25, 0.3) is 0 Å². The van der Waals surface area contributed by atoms with E-state index < -0.39 is 28.7 Å². The van der Waals surface area contributed by atoms with Crippen molar-refractivity contribution in [2.75, 3.05) is 51.3 Å². The van der Waals surface area contributed by atoms with Gasteiger partial charge in [-0.3, -0.25) is 24.8 Å². The summed E-state index contributed by atoms with van der Waals surface area (Å²) in [5.74, 6) is -2.92. The summed E-state index contributed by atoms with van der Waals surface area (Å²) < 4.78 is 10.7. The fraction of sp³-hybridized carbons (Fsp3) is 0.393. The number of allylic oxidation sites excluding steroid dienone is 1. The molecule has 0 aromatic heterocycles. The maximum absolute atomic E-state index is 13.4. The van der Waals surface area contributed by atoms with E-state index in [-0.39, 0.29) is 17.9 Å². The molecule has 2 heterocycles. The molecule has 2 unspecified atom stereocenters. The second kappa shape index (κ2) is 12.4. The van der Waals surface area contributed by atoms with Crippen molar-refractivity contribution in [2.24, 2.45) is 10.9 Å². The zero-order valence-electron chi connectivity index (χ0n) is 22.1. The van der Waals surface area contributed by atoms with Crippen LogP contribution in [0.2, 0.25) is 5.02 Å². The summed E-state index contributed by atoms with van der Waals surface area (Å²) in [7, 11) is 1.26. The Bertz CT molecular complexity index is 1300. The average molecular weight is 555 g/mol. The molecule has 0 amide bonds. The molecule has 0 saturated carbocycles. The molecule has 2 aromatic carbocycles. The number of aliphatic imine (C=N–C) groups is 1. The number of carbonyl (C=O) groups excluding carboxylic acids is 2. The van der Waals surface area contributed by atoms with Gasteiger partial charge in [0.25, 0.3) is 5.69 Å². The number of non-ortho nitro benzene ring substituents is 1. The van der Waals surface area contributed by atoms with Crippen LogP contribution in [0.5, 0.6) is 0 Å². The van der Waals surface area contributed by atoms with Gasteiger partial charge in [0.1, 0.15) is 12.5 Å². The normalized spacial score (nSPS) is 19.9. The van der Waals surface area contributed by atoms with Crippen molar-refractivity contribution in [1.82, 2.24) is 4.90 Å². The van der Waals surface area contributed by atoms with Gasteiger partial charge in [-0.1, -0.05) is 23.7 Å². The van der Waals surface area contributed by atoms with Gasteiger partial charge in [0.15, 0.2) is 0 Å². The molecular weight excluding hydrogens is 524 g/mol. The molecule has 0 spiro atoms. The van der Waals surface area contributed by atoms with E-state index in [1.165, 1.54) is 25.3 Å². The third kappa shape index (κ3) is 6.46. The number of nitrogens with zero attached hydrogens (tertiary/aromatic N) is 4. The molecule has 206 valence electrons. The van der Waals surface area contributed by atoms with Crippen LogP contribution in [0.15, 0.2) is 64.8 Å². The Kier molecular flexibility index (Phi) is 8.98. The van der Waals surface area contributed by atoms with Crippen molar-refractivity contribution in [3.63, 3.8) is 0 Å². The second-order valence-corrected chi connectivity index (χ2v) is 9.96. The number of hydrogen-bond donors (Lipinski definition) is 0. The number of benzene rings is 2. The Morgan fingerprint density at radius 1 is 1.10 bits per heavy atom. The molecule has 11 heteroatoms. The highest BCUT2D eigenvalue weighted by Crippen LogP contribution is 2.41. The Morgan fingerprint density at radius 3 is 2.44 bits per heavy atom. The number of nitro benzene ring substituents is 1. The minimum absolute atomic E-state index is 0.139. The Morgan fingerprint density at radius 2 is 1.79 bits per heavy atom. The fourth-order valence-electron chi connectivity index (χ4n) is 5.15. The van der Waals surface area contributed by atoms with E-state index in [9.17, 15) is 19.7 Å². The Labute approximate surface area is 232 Å². The van der Waals surface area contributed by atoms with Crippen molar-refractivity contribution in [3.8, 4) is 0 Å². The predicted molar refractivity (Wildman–Crippen MR) is 148 cm³/mol. The van der Waals surface area contributed by atoms with Gasteiger partial charge in [0.05, 0.1) is 17.6 Å². The standard InChI is InChI=1S/C28H31ClN4O6/c1-18-24(27(34)38-3)26(20-5-4-6-23(17-20)33(36)37)25(19(2)30-18)28(35)39-16-15-31-11-13-32(14-12-31)22-9-7-21(29)8-10-22/h4-10,17,24,26H,11-16H2,1-3H3. The van der Waals surface area contributed by atoms with Gasteiger partial charge < -0.3 is 14.4 Å². The lowest BCUT2D eigenvalue weighted by molar-refractivity contribution is -0.384. The second-order valence-electron chi connectivity index (χ2n) is 9.52. The molecule has 0 N–H and O–H groups in total. The topological polar surface area (TPSA) is 115 Å². The minimum Gasteiger partial charge on any atom is -0.468 e. The Balaban J connectivity index is 1.45. The molecule has 2 aliphatic heterocycles. The first-order valence-electron chi connectivity index (χ1n) is 12.7. The highest BCUT2D eigenvalue weighted by molar-refractivity contribution is 6.30.